The zero-order valence-corrected chi connectivity index (χ0v) is 11.3. The first-order valence-electron chi connectivity index (χ1n) is 6.63. The molecule has 3 N–H and O–H groups in total. The van der Waals surface area contributed by atoms with Crippen LogP contribution in [0.4, 0.5) is 11.5 Å². The zero-order chi connectivity index (χ0) is 13.9. The maximum Gasteiger partial charge on any atom is 0.242 e. The van der Waals surface area contributed by atoms with E-state index in [1.54, 1.807) is 13.3 Å². The highest BCUT2D eigenvalue weighted by molar-refractivity contribution is 5.67. The molecule has 0 aromatic carbocycles. The predicted molar refractivity (Wildman–Crippen MR) is 76.5 cm³/mol. The molecule has 0 unspecified atom stereocenters. The molecule has 2 aromatic rings. The van der Waals surface area contributed by atoms with E-state index in [1.807, 2.05) is 18.2 Å². The molecule has 104 valence electrons. The summed E-state index contributed by atoms with van der Waals surface area (Å²) in [5.74, 6) is 2.30. The molecule has 3 rings (SSSR count). The summed E-state index contributed by atoms with van der Waals surface area (Å²) in [5.41, 5.74) is 7.38. The van der Waals surface area contributed by atoms with E-state index in [1.165, 1.54) is 0 Å². The summed E-state index contributed by atoms with van der Waals surface area (Å²) in [6.07, 6.45) is 4.02. The molecule has 0 aliphatic heterocycles. The third-order valence-corrected chi connectivity index (χ3v) is 3.23. The van der Waals surface area contributed by atoms with Crippen molar-refractivity contribution < 1.29 is 4.74 Å². The molecule has 1 fully saturated rings. The fourth-order valence-electron chi connectivity index (χ4n) is 1.96. The summed E-state index contributed by atoms with van der Waals surface area (Å²) in [6.45, 7) is 0.565. The van der Waals surface area contributed by atoms with Crippen LogP contribution in [0.5, 0.6) is 5.88 Å². The van der Waals surface area contributed by atoms with E-state index in [-0.39, 0.29) is 0 Å². The highest BCUT2D eigenvalue weighted by Gasteiger charge is 2.28. The van der Waals surface area contributed by atoms with Gasteiger partial charge in [0.2, 0.25) is 5.88 Å². The number of nitrogens with one attached hydrogen (secondary N) is 1. The van der Waals surface area contributed by atoms with Crippen molar-refractivity contribution in [3.63, 3.8) is 0 Å². The lowest BCUT2D eigenvalue weighted by Crippen LogP contribution is -2.10. The normalized spacial score (nSPS) is 14.1. The van der Waals surface area contributed by atoms with Gasteiger partial charge in [-0.2, -0.15) is 4.98 Å². The van der Waals surface area contributed by atoms with Gasteiger partial charge in [0.1, 0.15) is 11.5 Å². The SMILES string of the molecule is COc1nc(C2CC2)nc(NCc2ccccn2)c1N. The molecule has 6 nitrogen and oxygen atoms in total. The molecule has 2 heterocycles. The summed E-state index contributed by atoms with van der Waals surface area (Å²) in [4.78, 5) is 13.1. The fraction of sp³-hybridized carbons (Fsp3) is 0.357. The molecule has 20 heavy (non-hydrogen) atoms. The monoisotopic (exact) mass is 271 g/mol. The minimum Gasteiger partial charge on any atom is -0.479 e. The van der Waals surface area contributed by atoms with Crippen LogP contribution in [0.1, 0.15) is 30.3 Å². The van der Waals surface area contributed by atoms with Gasteiger partial charge in [-0.25, -0.2) is 4.98 Å². The van der Waals surface area contributed by atoms with E-state index in [2.05, 4.69) is 20.3 Å². The average Bonchev–Trinajstić information content (AvgIpc) is 3.32. The van der Waals surface area contributed by atoms with Crippen molar-refractivity contribution in [2.75, 3.05) is 18.2 Å². The Kier molecular flexibility index (Phi) is 3.37. The molecule has 2 aromatic heterocycles. The van der Waals surface area contributed by atoms with Crippen LogP contribution in [0.3, 0.4) is 0 Å². The Bertz CT molecular complexity index is 598. The van der Waals surface area contributed by atoms with E-state index in [0.717, 1.165) is 24.4 Å². The van der Waals surface area contributed by atoms with Crippen LogP contribution >= 0.6 is 0 Å². The van der Waals surface area contributed by atoms with E-state index in [9.17, 15) is 0 Å². The molecule has 0 spiro atoms. The summed E-state index contributed by atoms with van der Waals surface area (Å²) in [7, 11) is 1.57. The minimum atomic E-state index is 0.436. The van der Waals surface area contributed by atoms with Gasteiger partial charge in [-0.15, -0.1) is 0 Å². The van der Waals surface area contributed by atoms with Gasteiger partial charge in [0, 0.05) is 12.1 Å². The van der Waals surface area contributed by atoms with Gasteiger partial charge in [0.05, 0.1) is 19.3 Å². The van der Waals surface area contributed by atoms with Crippen LogP contribution in [-0.2, 0) is 6.54 Å². The molecule has 0 saturated heterocycles. The largest absolute Gasteiger partial charge is 0.479 e. The number of rotatable bonds is 5. The van der Waals surface area contributed by atoms with Gasteiger partial charge in [0.25, 0.3) is 0 Å². The average molecular weight is 271 g/mol. The summed E-state index contributed by atoms with van der Waals surface area (Å²) in [5, 5.41) is 3.21. The smallest absolute Gasteiger partial charge is 0.242 e. The van der Waals surface area contributed by atoms with Crippen molar-refractivity contribution in [3.05, 3.63) is 35.9 Å². The van der Waals surface area contributed by atoms with Crippen LogP contribution in [0.25, 0.3) is 0 Å². The van der Waals surface area contributed by atoms with Gasteiger partial charge in [-0.3, -0.25) is 4.98 Å². The van der Waals surface area contributed by atoms with Crippen molar-refractivity contribution in [2.45, 2.75) is 25.3 Å². The predicted octanol–water partition coefficient (Wildman–Crippen LogP) is 1.95. The molecule has 0 radical (unpaired) electrons. The van der Waals surface area contributed by atoms with Crippen molar-refractivity contribution in [1.29, 1.82) is 0 Å². The Hall–Kier alpha value is -2.37. The standard InChI is InChI=1S/C14H17N5O/c1-20-14-11(15)13(18-12(19-14)9-5-6-9)17-8-10-4-2-3-7-16-10/h2-4,7,9H,5-6,8,15H2,1H3,(H,17,18,19). The van der Waals surface area contributed by atoms with Crippen LogP contribution in [0.2, 0.25) is 0 Å². The van der Waals surface area contributed by atoms with E-state index in [0.29, 0.717) is 29.8 Å². The lowest BCUT2D eigenvalue weighted by molar-refractivity contribution is 0.397. The number of anilines is 2. The van der Waals surface area contributed by atoms with Gasteiger partial charge in [-0.1, -0.05) is 6.07 Å². The number of hydrogen-bond donors (Lipinski definition) is 2. The third kappa shape index (κ3) is 2.64. The van der Waals surface area contributed by atoms with Crippen LogP contribution in [0.15, 0.2) is 24.4 Å². The van der Waals surface area contributed by atoms with E-state index < -0.39 is 0 Å². The molecule has 1 saturated carbocycles. The molecule has 1 aliphatic carbocycles. The number of aromatic nitrogens is 3. The third-order valence-electron chi connectivity index (χ3n) is 3.23. The van der Waals surface area contributed by atoms with Gasteiger partial charge in [-0.05, 0) is 25.0 Å². The maximum absolute atomic E-state index is 6.01. The highest BCUT2D eigenvalue weighted by atomic mass is 16.5. The Morgan fingerprint density at radius 2 is 2.20 bits per heavy atom. The second kappa shape index (κ2) is 5.32. The quantitative estimate of drug-likeness (QED) is 0.864. The van der Waals surface area contributed by atoms with Gasteiger partial charge >= 0.3 is 0 Å². The molecule has 6 heteroatoms. The minimum absolute atomic E-state index is 0.436. The molecule has 0 atom stereocenters. The molecule has 0 amide bonds. The number of methoxy groups -OCH3 is 1. The Morgan fingerprint density at radius 3 is 2.85 bits per heavy atom. The van der Waals surface area contributed by atoms with Gasteiger partial charge in [0.15, 0.2) is 5.82 Å². The fourth-order valence-corrected chi connectivity index (χ4v) is 1.96. The summed E-state index contributed by atoms with van der Waals surface area (Å²) < 4.78 is 5.22. The summed E-state index contributed by atoms with van der Waals surface area (Å²) in [6, 6.07) is 5.78. The lowest BCUT2D eigenvalue weighted by Gasteiger charge is -2.12. The first-order valence-corrected chi connectivity index (χ1v) is 6.63. The Morgan fingerprint density at radius 1 is 1.35 bits per heavy atom. The van der Waals surface area contributed by atoms with Gasteiger partial charge < -0.3 is 15.8 Å². The summed E-state index contributed by atoms with van der Waals surface area (Å²) >= 11 is 0. The number of nitrogens with zero attached hydrogens (tertiary/aromatic N) is 3. The number of ether oxygens (including phenoxy) is 1. The van der Waals surface area contributed by atoms with Crippen molar-refractivity contribution >= 4 is 11.5 Å². The highest BCUT2D eigenvalue weighted by Crippen LogP contribution is 2.40. The number of hydrogen-bond acceptors (Lipinski definition) is 6. The number of nitrogens with two attached hydrogens (primary N) is 1. The molecule has 1 aliphatic rings. The van der Waals surface area contributed by atoms with E-state index >= 15 is 0 Å². The van der Waals surface area contributed by atoms with Crippen LogP contribution in [0, 0.1) is 0 Å². The maximum atomic E-state index is 6.01. The Labute approximate surface area is 117 Å². The second-order valence-electron chi connectivity index (χ2n) is 4.80. The van der Waals surface area contributed by atoms with Crippen LogP contribution in [-0.4, -0.2) is 22.1 Å². The number of nitrogen functional groups attached to an aromatic ring is 1. The van der Waals surface area contributed by atoms with Crippen molar-refractivity contribution in [3.8, 4) is 5.88 Å². The lowest BCUT2D eigenvalue weighted by atomic mass is 10.3. The Balaban J connectivity index is 1.82. The number of pyridine rings is 1. The van der Waals surface area contributed by atoms with E-state index in [4.69, 9.17) is 10.5 Å². The topological polar surface area (TPSA) is 86.0 Å². The van der Waals surface area contributed by atoms with Crippen molar-refractivity contribution in [1.82, 2.24) is 15.0 Å². The molecule has 0 bridgehead atoms. The zero-order valence-electron chi connectivity index (χ0n) is 11.3. The van der Waals surface area contributed by atoms with Crippen LogP contribution < -0.4 is 15.8 Å². The molecular weight excluding hydrogens is 254 g/mol. The van der Waals surface area contributed by atoms with Crippen molar-refractivity contribution in [2.24, 2.45) is 0 Å². The first-order chi connectivity index (χ1) is 9.78. The molecular formula is C14H17N5O. The second-order valence-corrected chi connectivity index (χ2v) is 4.80. The first kappa shape index (κ1) is 12.7.